The first-order valence-corrected chi connectivity index (χ1v) is 12.0. The van der Waals surface area contributed by atoms with Crippen LogP contribution in [0.15, 0.2) is 53.9 Å². The highest BCUT2D eigenvalue weighted by molar-refractivity contribution is 7.99. The molecule has 6 N–H and O–H groups in total. The summed E-state index contributed by atoms with van der Waals surface area (Å²) in [5, 5.41) is 23.5. The lowest BCUT2D eigenvalue weighted by molar-refractivity contribution is 0.129. The Morgan fingerprint density at radius 1 is 1.39 bits per heavy atom. The standard InChI is InChI=1S/C22H31N3O4S2/c1-3-6-15(4-2)17(23)14-29-10-5-11-30-12-9-24-13-19(27)16-7-8-18(26)20-21(16)31-22(28)25-20/h3-4,6-8,17,19,24,26-27H,1-2,5,9-14,23H2,(H,25,28)/b15-6+. The van der Waals surface area contributed by atoms with Crippen LogP contribution in [-0.2, 0) is 4.74 Å². The number of fused-ring (bicyclic) bond motifs is 1. The van der Waals surface area contributed by atoms with Crippen LogP contribution in [0.25, 0.3) is 10.2 Å². The zero-order valence-corrected chi connectivity index (χ0v) is 19.1. The van der Waals surface area contributed by atoms with Crippen LogP contribution < -0.4 is 15.9 Å². The minimum Gasteiger partial charge on any atom is -0.506 e. The number of hydrogen-bond donors (Lipinski definition) is 5. The van der Waals surface area contributed by atoms with Gasteiger partial charge in [-0.05, 0) is 23.8 Å². The summed E-state index contributed by atoms with van der Waals surface area (Å²) in [6, 6.07) is 2.95. The van der Waals surface area contributed by atoms with Gasteiger partial charge in [-0.3, -0.25) is 4.79 Å². The van der Waals surface area contributed by atoms with E-state index in [4.69, 9.17) is 10.5 Å². The molecule has 0 radical (unpaired) electrons. The molecule has 31 heavy (non-hydrogen) atoms. The normalized spacial score (nSPS) is 13.9. The first-order chi connectivity index (χ1) is 15.0. The van der Waals surface area contributed by atoms with E-state index in [0.717, 1.165) is 41.4 Å². The Kier molecular flexibility index (Phi) is 11.1. The second kappa shape index (κ2) is 13.5. The summed E-state index contributed by atoms with van der Waals surface area (Å²) < 4.78 is 6.22. The molecule has 2 rings (SSSR count). The number of rotatable bonds is 15. The summed E-state index contributed by atoms with van der Waals surface area (Å²) in [5.41, 5.74) is 7.97. The second-order valence-corrected chi connectivity index (χ2v) is 9.07. The Morgan fingerprint density at radius 3 is 2.94 bits per heavy atom. The van der Waals surface area contributed by atoms with E-state index < -0.39 is 6.10 Å². The lowest BCUT2D eigenvalue weighted by atomic mass is 10.1. The summed E-state index contributed by atoms with van der Waals surface area (Å²) in [6.07, 6.45) is 5.43. The van der Waals surface area contributed by atoms with E-state index in [2.05, 4.69) is 23.5 Å². The summed E-state index contributed by atoms with van der Waals surface area (Å²) in [6.45, 7) is 9.64. The van der Waals surface area contributed by atoms with Crippen LogP contribution >= 0.6 is 23.1 Å². The van der Waals surface area contributed by atoms with Gasteiger partial charge in [0, 0.05) is 31.0 Å². The molecule has 1 aromatic heterocycles. The lowest BCUT2D eigenvalue weighted by Crippen LogP contribution is -2.28. The van der Waals surface area contributed by atoms with Gasteiger partial charge in [-0.15, -0.1) is 0 Å². The number of thioether (sulfide) groups is 1. The fourth-order valence-corrected chi connectivity index (χ4v) is 4.68. The second-order valence-electron chi connectivity index (χ2n) is 6.87. The SMILES string of the molecule is C=C/C=C(\C=C)C(N)COCCCSCCNCC(O)c1ccc(O)c2[nH]c(=O)sc12. The molecule has 1 aromatic carbocycles. The van der Waals surface area contributed by atoms with E-state index in [9.17, 15) is 15.0 Å². The predicted molar refractivity (Wildman–Crippen MR) is 131 cm³/mol. The number of phenols is 1. The number of aliphatic hydroxyl groups is 1. The number of ether oxygens (including phenoxy) is 1. The van der Waals surface area contributed by atoms with E-state index in [-0.39, 0.29) is 16.7 Å². The van der Waals surface area contributed by atoms with Gasteiger partial charge in [0.25, 0.3) is 0 Å². The van der Waals surface area contributed by atoms with Crippen LogP contribution in [0.5, 0.6) is 5.75 Å². The van der Waals surface area contributed by atoms with Crippen molar-refractivity contribution in [1.29, 1.82) is 0 Å². The van der Waals surface area contributed by atoms with Crippen molar-refractivity contribution in [3.05, 3.63) is 64.3 Å². The molecular formula is C22H31N3O4S2. The van der Waals surface area contributed by atoms with Crippen LogP contribution in [-0.4, -0.2) is 59.0 Å². The highest BCUT2D eigenvalue weighted by atomic mass is 32.2. The van der Waals surface area contributed by atoms with Crippen LogP contribution in [0.1, 0.15) is 18.1 Å². The molecule has 2 atom stereocenters. The quantitative estimate of drug-likeness (QED) is 0.203. The zero-order valence-electron chi connectivity index (χ0n) is 17.5. The van der Waals surface area contributed by atoms with Crippen LogP contribution in [0.4, 0.5) is 0 Å². The molecule has 2 aromatic rings. The van der Waals surface area contributed by atoms with Crippen LogP contribution in [0, 0.1) is 0 Å². The van der Waals surface area contributed by atoms with Crippen molar-refractivity contribution in [2.24, 2.45) is 5.73 Å². The monoisotopic (exact) mass is 465 g/mol. The number of aliphatic hydroxyl groups excluding tert-OH is 1. The molecule has 7 nitrogen and oxygen atoms in total. The summed E-state index contributed by atoms with van der Waals surface area (Å²) in [5.74, 6) is 1.90. The number of aromatic amines is 1. The molecule has 9 heteroatoms. The molecular weight excluding hydrogens is 434 g/mol. The average molecular weight is 466 g/mol. The van der Waals surface area contributed by atoms with Crippen molar-refractivity contribution in [2.45, 2.75) is 18.6 Å². The number of nitrogens with two attached hydrogens (primary N) is 1. The fourth-order valence-electron chi connectivity index (χ4n) is 2.95. The van der Waals surface area contributed by atoms with E-state index in [1.807, 2.05) is 17.8 Å². The number of hydrogen-bond acceptors (Lipinski definition) is 8. The van der Waals surface area contributed by atoms with Gasteiger partial charge in [0.15, 0.2) is 0 Å². The molecule has 0 aliphatic carbocycles. The number of benzene rings is 1. The van der Waals surface area contributed by atoms with E-state index in [1.165, 1.54) is 6.07 Å². The molecule has 0 amide bonds. The van der Waals surface area contributed by atoms with Gasteiger partial charge in [-0.25, -0.2) is 0 Å². The number of phenolic OH excluding ortho intramolecular Hbond substituents is 1. The molecule has 0 saturated heterocycles. The molecule has 0 aliphatic rings. The van der Waals surface area contributed by atoms with Crippen LogP contribution in [0.3, 0.4) is 0 Å². The number of aromatic hydroxyl groups is 1. The predicted octanol–water partition coefficient (Wildman–Crippen LogP) is 2.68. The molecule has 1 heterocycles. The smallest absolute Gasteiger partial charge is 0.305 e. The number of aromatic nitrogens is 1. The van der Waals surface area contributed by atoms with Gasteiger partial charge in [-0.2, -0.15) is 11.8 Å². The maximum Gasteiger partial charge on any atom is 0.305 e. The third-order valence-corrected chi connectivity index (χ3v) is 6.56. The first-order valence-electron chi connectivity index (χ1n) is 10.1. The van der Waals surface area contributed by atoms with Crippen molar-refractivity contribution < 1.29 is 14.9 Å². The van der Waals surface area contributed by atoms with E-state index in [0.29, 0.717) is 35.5 Å². The maximum atomic E-state index is 11.6. The van der Waals surface area contributed by atoms with E-state index >= 15 is 0 Å². The Labute approximate surface area is 190 Å². The Bertz CT molecular complexity index is 938. The highest BCUT2D eigenvalue weighted by Crippen LogP contribution is 2.31. The minimum absolute atomic E-state index is 0.00833. The third kappa shape index (κ3) is 7.95. The van der Waals surface area contributed by atoms with Crippen molar-refractivity contribution in [1.82, 2.24) is 10.3 Å². The number of H-pyrrole nitrogens is 1. The van der Waals surface area contributed by atoms with Gasteiger partial charge in [-0.1, -0.05) is 48.8 Å². The number of nitrogens with one attached hydrogen (secondary N) is 2. The minimum atomic E-state index is -0.757. The Morgan fingerprint density at radius 2 is 2.19 bits per heavy atom. The molecule has 0 fully saturated rings. The lowest BCUT2D eigenvalue weighted by Gasteiger charge is -2.14. The van der Waals surface area contributed by atoms with E-state index in [1.54, 1.807) is 18.2 Å². The maximum absolute atomic E-state index is 11.6. The Balaban J connectivity index is 1.57. The largest absolute Gasteiger partial charge is 0.506 e. The Hall–Kier alpha value is -1.88. The van der Waals surface area contributed by atoms with Gasteiger partial charge < -0.3 is 31.0 Å². The van der Waals surface area contributed by atoms with Crippen molar-refractivity contribution in [3.63, 3.8) is 0 Å². The van der Waals surface area contributed by atoms with Crippen molar-refractivity contribution in [2.75, 3.05) is 37.8 Å². The number of thiazole rings is 1. The molecule has 2 unspecified atom stereocenters. The molecule has 170 valence electrons. The van der Waals surface area contributed by atoms with Crippen molar-refractivity contribution in [3.8, 4) is 5.75 Å². The average Bonchev–Trinajstić information content (AvgIpc) is 3.15. The molecule has 0 saturated carbocycles. The van der Waals surface area contributed by atoms with Gasteiger partial charge >= 0.3 is 4.87 Å². The van der Waals surface area contributed by atoms with Gasteiger partial charge in [0.1, 0.15) is 11.3 Å². The summed E-state index contributed by atoms with van der Waals surface area (Å²) in [7, 11) is 0. The highest BCUT2D eigenvalue weighted by Gasteiger charge is 2.15. The zero-order chi connectivity index (χ0) is 22.6. The summed E-state index contributed by atoms with van der Waals surface area (Å²) >= 11 is 2.80. The number of allylic oxidation sites excluding steroid dienone is 2. The van der Waals surface area contributed by atoms with Gasteiger partial charge in [0.05, 0.1) is 23.5 Å². The molecule has 0 aliphatic heterocycles. The van der Waals surface area contributed by atoms with Crippen LogP contribution in [0.2, 0.25) is 0 Å². The first kappa shape index (κ1) is 25.4. The topological polar surface area (TPSA) is 121 Å². The third-order valence-electron chi connectivity index (χ3n) is 4.56. The van der Waals surface area contributed by atoms with Crippen molar-refractivity contribution >= 4 is 33.3 Å². The fraction of sp³-hybridized carbons (Fsp3) is 0.409. The molecule has 0 spiro atoms. The molecule has 0 bridgehead atoms. The summed E-state index contributed by atoms with van der Waals surface area (Å²) in [4.78, 5) is 13.9. The van der Waals surface area contributed by atoms with Gasteiger partial charge in [0.2, 0.25) is 0 Å².